The van der Waals surface area contributed by atoms with Crippen LogP contribution in [0, 0.1) is 23.7 Å². The number of hydrogen-bond donors (Lipinski definition) is 2. The highest BCUT2D eigenvalue weighted by Gasteiger charge is 2.09. The molecule has 160 valence electrons. The van der Waals surface area contributed by atoms with Gasteiger partial charge in [0, 0.05) is 24.8 Å². The van der Waals surface area contributed by atoms with E-state index in [1.165, 1.54) is 6.21 Å². The predicted molar refractivity (Wildman–Crippen MR) is 128 cm³/mol. The molecule has 0 amide bonds. The van der Waals surface area contributed by atoms with Crippen molar-refractivity contribution in [2.24, 2.45) is 0 Å². The van der Waals surface area contributed by atoms with Crippen LogP contribution in [0.3, 0.4) is 0 Å². The molecule has 3 aromatic rings. The van der Waals surface area contributed by atoms with Crippen molar-refractivity contribution in [2.45, 2.75) is 13.5 Å². The van der Waals surface area contributed by atoms with Crippen LogP contribution in [0.1, 0.15) is 6.92 Å². The Bertz CT molecular complexity index is 960. The third kappa shape index (κ3) is 7.63. The number of anilines is 1. The Kier molecular flexibility index (Phi) is 11.2. The summed E-state index contributed by atoms with van der Waals surface area (Å²) in [7, 11) is 1.86. The molecular formula is C24H28N6O. The lowest BCUT2D eigenvalue weighted by Crippen LogP contribution is -2.30. The van der Waals surface area contributed by atoms with Crippen molar-refractivity contribution in [3.05, 3.63) is 73.6 Å². The van der Waals surface area contributed by atoms with E-state index in [0.29, 0.717) is 18.1 Å². The predicted octanol–water partition coefficient (Wildman–Crippen LogP) is 4.53. The van der Waals surface area contributed by atoms with Crippen LogP contribution in [0.15, 0.2) is 73.6 Å². The fraction of sp³-hybridized carbons (Fsp3) is 0.167. The maximum Gasteiger partial charge on any atom is 0.164 e. The van der Waals surface area contributed by atoms with E-state index in [1.807, 2.05) is 66.2 Å². The summed E-state index contributed by atoms with van der Waals surface area (Å²) in [5.41, 5.74) is 1.91. The van der Waals surface area contributed by atoms with Gasteiger partial charge in [0.15, 0.2) is 5.82 Å². The van der Waals surface area contributed by atoms with E-state index in [2.05, 4.69) is 29.6 Å². The standard InChI is InChI=1S/C20H21N5O.C2H5N.C2H2/c1-3-13-25-15-22-23-20(25)16-9-11-18(12-10-16)26-14-19(21)24(2)17-7-5-4-6-8-17;1-2-3;1-2/h3-12,15,21H,1,13-14H2,2H3;2-3H,1H3;1-2H. The summed E-state index contributed by atoms with van der Waals surface area (Å²) in [6.45, 7) is 6.26. The number of allylic oxidation sites excluding steroid dienone is 1. The molecule has 2 N–H and O–H groups in total. The van der Waals surface area contributed by atoms with Gasteiger partial charge in [-0.15, -0.1) is 29.6 Å². The Morgan fingerprint density at radius 3 is 2.35 bits per heavy atom. The average Bonchev–Trinajstić information content (AvgIpc) is 3.28. The normalized spacial score (nSPS) is 9.16. The molecule has 0 saturated heterocycles. The quantitative estimate of drug-likeness (QED) is 0.256. The van der Waals surface area contributed by atoms with Crippen LogP contribution >= 0.6 is 0 Å². The minimum absolute atomic E-state index is 0.192. The van der Waals surface area contributed by atoms with Crippen LogP contribution in [0.25, 0.3) is 11.4 Å². The van der Waals surface area contributed by atoms with Gasteiger partial charge in [-0.3, -0.25) is 5.41 Å². The summed E-state index contributed by atoms with van der Waals surface area (Å²) < 4.78 is 7.66. The highest BCUT2D eigenvalue weighted by Crippen LogP contribution is 2.21. The van der Waals surface area contributed by atoms with Gasteiger partial charge in [0.25, 0.3) is 0 Å². The van der Waals surface area contributed by atoms with Crippen molar-refractivity contribution in [3.8, 4) is 30.0 Å². The molecule has 1 heterocycles. The van der Waals surface area contributed by atoms with Gasteiger partial charge in [-0.25, -0.2) is 0 Å². The second-order valence-corrected chi connectivity index (χ2v) is 6.04. The average molecular weight is 417 g/mol. The largest absolute Gasteiger partial charge is 0.486 e. The number of nitrogens with zero attached hydrogens (tertiary/aromatic N) is 4. The van der Waals surface area contributed by atoms with Crippen molar-refractivity contribution < 1.29 is 4.74 Å². The van der Waals surface area contributed by atoms with Crippen LogP contribution in [-0.4, -0.2) is 40.5 Å². The van der Waals surface area contributed by atoms with Gasteiger partial charge in [-0.2, -0.15) is 0 Å². The Morgan fingerprint density at radius 1 is 1.16 bits per heavy atom. The summed E-state index contributed by atoms with van der Waals surface area (Å²) in [5, 5.41) is 22.4. The van der Waals surface area contributed by atoms with Crippen LogP contribution in [0.5, 0.6) is 5.75 Å². The first kappa shape index (κ1) is 24.9. The van der Waals surface area contributed by atoms with Crippen LogP contribution in [0.4, 0.5) is 5.69 Å². The monoisotopic (exact) mass is 416 g/mol. The molecule has 0 fully saturated rings. The van der Waals surface area contributed by atoms with Gasteiger partial charge in [-0.1, -0.05) is 24.3 Å². The van der Waals surface area contributed by atoms with E-state index in [9.17, 15) is 0 Å². The highest BCUT2D eigenvalue weighted by molar-refractivity contribution is 5.96. The summed E-state index contributed by atoms with van der Waals surface area (Å²) in [6, 6.07) is 17.4. The molecule has 0 radical (unpaired) electrons. The Labute approximate surface area is 184 Å². The van der Waals surface area contributed by atoms with E-state index < -0.39 is 0 Å². The Hall–Kier alpha value is -4.18. The number of benzene rings is 2. The topological polar surface area (TPSA) is 90.9 Å². The molecule has 3 rings (SSSR count). The first-order chi connectivity index (χ1) is 15.1. The number of amidine groups is 1. The van der Waals surface area contributed by atoms with Crippen molar-refractivity contribution >= 4 is 17.7 Å². The number of terminal acetylenes is 1. The zero-order chi connectivity index (χ0) is 23.1. The number of aromatic nitrogens is 3. The number of rotatable bonds is 7. The zero-order valence-corrected chi connectivity index (χ0v) is 17.9. The Balaban J connectivity index is 0.000000884. The zero-order valence-electron chi connectivity index (χ0n) is 17.9. The van der Waals surface area contributed by atoms with Gasteiger partial charge < -0.3 is 19.6 Å². The molecule has 0 unspecified atom stereocenters. The van der Waals surface area contributed by atoms with Crippen LogP contribution in [0.2, 0.25) is 0 Å². The first-order valence-corrected chi connectivity index (χ1v) is 9.47. The van der Waals surface area contributed by atoms with E-state index in [1.54, 1.807) is 24.2 Å². The van der Waals surface area contributed by atoms with Gasteiger partial charge in [0.1, 0.15) is 24.5 Å². The molecule has 2 aromatic carbocycles. The highest BCUT2D eigenvalue weighted by atomic mass is 16.5. The second-order valence-electron chi connectivity index (χ2n) is 6.04. The molecule has 31 heavy (non-hydrogen) atoms. The maximum atomic E-state index is 8.18. The summed E-state index contributed by atoms with van der Waals surface area (Å²) in [4.78, 5) is 1.80. The summed E-state index contributed by atoms with van der Waals surface area (Å²) >= 11 is 0. The number of likely N-dealkylation sites (N-methyl/N-ethyl adjacent to an activating group) is 1. The molecule has 0 atom stereocenters. The minimum Gasteiger partial charge on any atom is -0.486 e. The fourth-order valence-electron chi connectivity index (χ4n) is 2.51. The number of hydrogen-bond acceptors (Lipinski definition) is 5. The molecule has 7 nitrogen and oxygen atoms in total. The molecule has 0 aliphatic heterocycles. The number of para-hydroxylation sites is 1. The fourth-order valence-corrected chi connectivity index (χ4v) is 2.51. The van der Waals surface area contributed by atoms with Crippen molar-refractivity contribution in [2.75, 3.05) is 18.6 Å². The number of ether oxygens (including phenoxy) is 1. The van der Waals surface area contributed by atoms with E-state index >= 15 is 0 Å². The van der Waals surface area contributed by atoms with E-state index in [-0.39, 0.29) is 6.61 Å². The molecule has 0 aliphatic carbocycles. The molecule has 0 saturated carbocycles. The minimum atomic E-state index is 0.192. The van der Waals surface area contributed by atoms with Crippen LogP contribution in [-0.2, 0) is 6.54 Å². The van der Waals surface area contributed by atoms with Gasteiger partial charge in [0.05, 0.1) is 0 Å². The van der Waals surface area contributed by atoms with Crippen molar-refractivity contribution in [1.29, 1.82) is 10.8 Å². The molecule has 0 spiro atoms. The third-order valence-corrected chi connectivity index (χ3v) is 3.98. The third-order valence-electron chi connectivity index (χ3n) is 3.98. The van der Waals surface area contributed by atoms with Crippen molar-refractivity contribution in [1.82, 2.24) is 14.8 Å². The van der Waals surface area contributed by atoms with Crippen LogP contribution < -0.4 is 9.64 Å². The maximum absolute atomic E-state index is 8.18. The molecule has 1 aromatic heterocycles. The van der Waals surface area contributed by atoms with Crippen molar-refractivity contribution in [3.63, 3.8) is 0 Å². The first-order valence-electron chi connectivity index (χ1n) is 9.47. The lowest BCUT2D eigenvalue weighted by molar-refractivity contribution is 0.374. The summed E-state index contributed by atoms with van der Waals surface area (Å²) in [6.07, 6.45) is 12.7. The van der Waals surface area contributed by atoms with Gasteiger partial charge >= 0.3 is 0 Å². The molecule has 0 bridgehead atoms. The SMILES string of the molecule is C#C.C=CCn1cnnc1-c1ccc(OCC(=N)N(C)c2ccccc2)cc1.CC=N. The Morgan fingerprint density at radius 2 is 1.77 bits per heavy atom. The van der Waals surface area contributed by atoms with Gasteiger partial charge in [-0.05, 0) is 49.5 Å². The molecular weight excluding hydrogens is 388 g/mol. The number of nitrogens with one attached hydrogen (secondary N) is 2. The lowest BCUT2D eigenvalue weighted by atomic mass is 10.2. The smallest absolute Gasteiger partial charge is 0.164 e. The van der Waals surface area contributed by atoms with E-state index in [4.69, 9.17) is 15.6 Å². The lowest BCUT2D eigenvalue weighted by Gasteiger charge is -2.20. The van der Waals surface area contributed by atoms with Gasteiger partial charge in [0.2, 0.25) is 0 Å². The summed E-state index contributed by atoms with van der Waals surface area (Å²) in [5.74, 6) is 1.87. The second kappa shape index (κ2) is 13.9. The van der Waals surface area contributed by atoms with E-state index in [0.717, 1.165) is 17.1 Å². The molecule has 0 aliphatic rings. The molecule has 7 heteroatoms.